The zero-order chi connectivity index (χ0) is 19.5. The molecule has 0 atom stereocenters. The second kappa shape index (κ2) is 7.97. The molecule has 6 heteroatoms. The largest absolute Gasteiger partial charge is 0.489 e. The zero-order valence-corrected chi connectivity index (χ0v) is 16.0. The van der Waals surface area contributed by atoms with Gasteiger partial charge in [-0.05, 0) is 42.0 Å². The van der Waals surface area contributed by atoms with Crippen LogP contribution in [0.5, 0.6) is 17.2 Å². The van der Waals surface area contributed by atoms with Crippen molar-refractivity contribution >= 4 is 34.2 Å². The van der Waals surface area contributed by atoms with E-state index in [1.54, 1.807) is 48.5 Å². The quantitative estimate of drug-likeness (QED) is 0.376. The first kappa shape index (κ1) is 18.4. The van der Waals surface area contributed by atoms with Crippen LogP contribution in [0.1, 0.15) is 5.56 Å². The maximum absolute atomic E-state index is 12.7. The van der Waals surface area contributed by atoms with Gasteiger partial charge in [-0.2, -0.15) is 0 Å². The summed E-state index contributed by atoms with van der Waals surface area (Å²) in [5.41, 5.74) is 1.06. The summed E-state index contributed by atoms with van der Waals surface area (Å²) in [6, 6.07) is 19.4. The van der Waals surface area contributed by atoms with Crippen molar-refractivity contribution in [2.45, 2.75) is 6.61 Å². The van der Waals surface area contributed by atoms with Crippen molar-refractivity contribution < 1.29 is 13.9 Å². The summed E-state index contributed by atoms with van der Waals surface area (Å²) in [4.78, 5) is 12.7. The van der Waals surface area contributed by atoms with Crippen LogP contribution in [0.3, 0.4) is 0 Å². The number of fused-ring (bicyclic) bond motifs is 1. The first-order chi connectivity index (χ1) is 13.6. The molecule has 4 rings (SSSR count). The van der Waals surface area contributed by atoms with Gasteiger partial charge in [-0.1, -0.05) is 47.5 Å². The van der Waals surface area contributed by atoms with Gasteiger partial charge in [0.05, 0.1) is 10.4 Å². The third-order valence-electron chi connectivity index (χ3n) is 4.07. The van der Waals surface area contributed by atoms with Crippen molar-refractivity contribution in [3.8, 4) is 17.2 Å². The van der Waals surface area contributed by atoms with Crippen LogP contribution in [0.2, 0.25) is 10.0 Å². The molecule has 4 nitrogen and oxygen atoms in total. The molecule has 0 bridgehead atoms. The van der Waals surface area contributed by atoms with E-state index in [9.17, 15) is 4.79 Å². The first-order valence-electron chi connectivity index (χ1n) is 8.45. The topological polar surface area (TPSA) is 48.7 Å². The van der Waals surface area contributed by atoms with Crippen LogP contribution >= 0.6 is 23.2 Å². The molecule has 1 aromatic heterocycles. The van der Waals surface area contributed by atoms with Gasteiger partial charge in [-0.3, -0.25) is 4.79 Å². The molecule has 0 amide bonds. The highest BCUT2D eigenvalue weighted by molar-refractivity contribution is 6.32. The monoisotopic (exact) mass is 412 g/mol. The average molecular weight is 413 g/mol. The molecule has 0 N–H and O–H groups in total. The Labute approximate surface area is 170 Å². The van der Waals surface area contributed by atoms with E-state index in [1.807, 2.05) is 18.2 Å². The predicted octanol–water partition coefficient (Wildman–Crippen LogP) is 6.47. The number of benzene rings is 3. The van der Waals surface area contributed by atoms with Gasteiger partial charge >= 0.3 is 0 Å². The first-order valence-corrected chi connectivity index (χ1v) is 9.21. The minimum absolute atomic E-state index is 0.0631. The molecule has 0 spiro atoms. The molecular weight excluding hydrogens is 399 g/mol. The summed E-state index contributed by atoms with van der Waals surface area (Å²) in [5.74, 6) is 1.03. The van der Waals surface area contributed by atoms with Crippen molar-refractivity contribution in [1.29, 1.82) is 0 Å². The molecule has 0 fully saturated rings. The number of para-hydroxylation sites is 1. The summed E-state index contributed by atoms with van der Waals surface area (Å²) >= 11 is 12.1. The van der Waals surface area contributed by atoms with E-state index >= 15 is 0 Å². The van der Waals surface area contributed by atoms with Crippen LogP contribution in [-0.2, 0) is 6.61 Å². The second-order valence-electron chi connectivity index (χ2n) is 6.04. The van der Waals surface area contributed by atoms with Crippen LogP contribution in [0.4, 0.5) is 0 Å². The molecule has 0 radical (unpaired) electrons. The van der Waals surface area contributed by atoms with E-state index in [0.717, 1.165) is 5.56 Å². The molecule has 0 saturated heterocycles. The van der Waals surface area contributed by atoms with Crippen LogP contribution in [0.25, 0.3) is 11.0 Å². The summed E-state index contributed by atoms with van der Waals surface area (Å²) in [7, 11) is 0. The third kappa shape index (κ3) is 3.98. The Morgan fingerprint density at radius 1 is 0.893 bits per heavy atom. The average Bonchev–Trinajstić information content (AvgIpc) is 2.70. The highest BCUT2D eigenvalue weighted by Crippen LogP contribution is 2.29. The Morgan fingerprint density at radius 2 is 1.75 bits per heavy atom. The fraction of sp³-hybridized carbons (Fsp3) is 0.0455. The van der Waals surface area contributed by atoms with E-state index in [2.05, 4.69) is 0 Å². The minimum atomic E-state index is -0.289. The lowest BCUT2D eigenvalue weighted by Crippen LogP contribution is -2.05. The Bertz CT molecular complexity index is 1200. The Kier molecular flexibility index (Phi) is 5.24. The number of halogens is 2. The fourth-order valence-electron chi connectivity index (χ4n) is 2.69. The molecule has 0 aliphatic carbocycles. The maximum atomic E-state index is 12.7. The molecule has 0 saturated carbocycles. The van der Waals surface area contributed by atoms with Crippen molar-refractivity contribution in [2.24, 2.45) is 0 Å². The van der Waals surface area contributed by atoms with Crippen molar-refractivity contribution in [1.82, 2.24) is 0 Å². The smallest absolute Gasteiger partial charge is 0.235 e. The van der Waals surface area contributed by atoms with E-state index in [4.69, 9.17) is 37.1 Å². The number of hydrogen-bond donors (Lipinski definition) is 0. The predicted molar refractivity (Wildman–Crippen MR) is 110 cm³/mol. The molecular formula is C22H14Cl2O4. The summed E-state index contributed by atoms with van der Waals surface area (Å²) in [5, 5.41) is 1.45. The van der Waals surface area contributed by atoms with E-state index < -0.39 is 0 Å². The lowest BCUT2D eigenvalue weighted by atomic mass is 10.2. The van der Waals surface area contributed by atoms with Gasteiger partial charge in [0.1, 0.15) is 30.0 Å². The van der Waals surface area contributed by atoms with E-state index in [0.29, 0.717) is 39.1 Å². The van der Waals surface area contributed by atoms with Crippen LogP contribution in [-0.4, -0.2) is 0 Å². The number of hydrogen-bond acceptors (Lipinski definition) is 4. The Balaban J connectivity index is 1.57. The van der Waals surface area contributed by atoms with E-state index in [-0.39, 0.29) is 11.2 Å². The second-order valence-corrected chi connectivity index (χ2v) is 6.88. The maximum Gasteiger partial charge on any atom is 0.235 e. The molecule has 0 aliphatic rings. The van der Waals surface area contributed by atoms with Gasteiger partial charge in [0, 0.05) is 11.1 Å². The molecule has 0 unspecified atom stereocenters. The highest BCUT2D eigenvalue weighted by atomic mass is 35.5. The van der Waals surface area contributed by atoms with Crippen LogP contribution in [0, 0.1) is 0 Å². The minimum Gasteiger partial charge on any atom is -0.489 e. The zero-order valence-electron chi connectivity index (χ0n) is 14.5. The van der Waals surface area contributed by atoms with Gasteiger partial charge < -0.3 is 13.9 Å². The van der Waals surface area contributed by atoms with Gasteiger partial charge in [0.2, 0.25) is 11.2 Å². The lowest BCUT2D eigenvalue weighted by molar-refractivity contribution is 0.306. The van der Waals surface area contributed by atoms with Gasteiger partial charge in [0.15, 0.2) is 0 Å². The SMILES string of the molecule is O=c1c(Oc2ccccc2Cl)coc2cc(OCc3cccc(Cl)c3)ccc12. The number of ether oxygens (including phenoxy) is 2. The standard InChI is InChI=1S/C22H14Cl2O4/c23-15-5-3-4-14(10-15)12-26-16-8-9-17-20(11-16)27-13-21(22(17)25)28-19-7-2-1-6-18(19)24/h1-11,13H,12H2. The molecule has 28 heavy (non-hydrogen) atoms. The Morgan fingerprint density at radius 3 is 2.57 bits per heavy atom. The molecule has 4 aromatic rings. The Hall–Kier alpha value is -2.95. The normalized spacial score (nSPS) is 10.8. The molecule has 1 heterocycles. The van der Waals surface area contributed by atoms with Crippen molar-refractivity contribution in [3.63, 3.8) is 0 Å². The highest BCUT2D eigenvalue weighted by Gasteiger charge is 2.11. The summed E-state index contributed by atoms with van der Waals surface area (Å²) in [6.07, 6.45) is 1.27. The van der Waals surface area contributed by atoms with Gasteiger partial charge in [-0.25, -0.2) is 0 Å². The van der Waals surface area contributed by atoms with Crippen molar-refractivity contribution in [2.75, 3.05) is 0 Å². The summed E-state index contributed by atoms with van der Waals surface area (Å²) < 4.78 is 17.0. The molecule has 140 valence electrons. The third-order valence-corrected chi connectivity index (χ3v) is 4.61. The van der Waals surface area contributed by atoms with Crippen LogP contribution < -0.4 is 14.9 Å². The van der Waals surface area contributed by atoms with Crippen molar-refractivity contribution in [3.05, 3.63) is 98.8 Å². The van der Waals surface area contributed by atoms with Crippen LogP contribution in [0.15, 0.2) is 82.2 Å². The molecule has 3 aromatic carbocycles. The number of rotatable bonds is 5. The summed E-state index contributed by atoms with van der Waals surface area (Å²) in [6.45, 7) is 0.351. The fourth-order valence-corrected chi connectivity index (χ4v) is 3.08. The lowest BCUT2D eigenvalue weighted by Gasteiger charge is -2.09. The van der Waals surface area contributed by atoms with Gasteiger partial charge in [0.25, 0.3) is 0 Å². The molecule has 0 aliphatic heterocycles. The van der Waals surface area contributed by atoms with Gasteiger partial charge in [-0.15, -0.1) is 0 Å². The van der Waals surface area contributed by atoms with E-state index in [1.165, 1.54) is 6.26 Å².